The zero-order valence-corrected chi connectivity index (χ0v) is 11.8. The summed E-state index contributed by atoms with van der Waals surface area (Å²) in [4.78, 5) is -0.0186. The molecule has 1 rings (SSSR count). The fraction of sp³-hybridized carbons (Fsp3) is 0.455. The molecular formula is C11H15Cl2NO2S. The summed E-state index contributed by atoms with van der Waals surface area (Å²) in [7, 11) is -3.53. The molecule has 6 heteroatoms. The van der Waals surface area contributed by atoms with Crippen LogP contribution in [0.5, 0.6) is 0 Å². The Kier molecular flexibility index (Phi) is 5.25. The SMILES string of the molecule is CCCC(N)CS(=O)(=O)c1c(Cl)cccc1Cl. The monoisotopic (exact) mass is 295 g/mol. The van der Waals surface area contributed by atoms with Crippen molar-refractivity contribution in [3.8, 4) is 0 Å². The predicted molar refractivity (Wildman–Crippen MR) is 71.4 cm³/mol. The zero-order valence-electron chi connectivity index (χ0n) is 9.49. The van der Waals surface area contributed by atoms with Crippen LogP contribution in [0.15, 0.2) is 23.1 Å². The van der Waals surface area contributed by atoms with E-state index in [0.29, 0.717) is 6.42 Å². The molecule has 0 bridgehead atoms. The predicted octanol–water partition coefficient (Wildman–Crippen LogP) is 2.89. The van der Waals surface area contributed by atoms with Gasteiger partial charge < -0.3 is 5.73 Å². The lowest BCUT2D eigenvalue weighted by molar-refractivity contribution is 0.577. The molecule has 17 heavy (non-hydrogen) atoms. The Morgan fingerprint density at radius 2 is 1.82 bits per heavy atom. The van der Waals surface area contributed by atoms with Gasteiger partial charge in [0.25, 0.3) is 0 Å². The van der Waals surface area contributed by atoms with Gasteiger partial charge in [0.15, 0.2) is 9.84 Å². The molecule has 0 aliphatic carbocycles. The van der Waals surface area contributed by atoms with Crippen molar-refractivity contribution in [2.75, 3.05) is 5.75 Å². The summed E-state index contributed by atoms with van der Waals surface area (Å²) >= 11 is 11.7. The molecule has 0 fully saturated rings. The van der Waals surface area contributed by atoms with Crippen molar-refractivity contribution in [1.82, 2.24) is 0 Å². The lowest BCUT2D eigenvalue weighted by atomic mass is 10.2. The van der Waals surface area contributed by atoms with Crippen LogP contribution in [0.4, 0.5) is 0 Å². The highest BCUT2D eigenvalue weighted by molar-refractivity contribution is 7.91. The van der Waals surface area contributed by atoms with Crippen molar-refractivity contribution in [3.05, 3.63) is 28.2 Å². The fourth-order valence-corrected chi connectivity index (χ4v) is 4.33. The Morgan fingerprint density at radius 3 is 2.29 bits per heavy atom. The van der Waals surface area contributed by atoms with Gasteiger partial charge in [-0.3, -0.25) is 0 Å². The summed E-state index contributed by atoms with van der Waals surface area (Å²) in [6.45, 7) is 1.95. The van der Waals surface area contributed by atoms with E-state index < -0.39 is 15.9 Å². The number of nitrogens with two attached hydrogens (primary N) is 1. The highest BCUT2D eigenvalue weighted by atomic mass is 35.5. The maximum atomic E-state index is 12.1. The minimum absolute atomic E-state index is 0.0186. The molecule has 1 aromatic carbocycles. The normalized spacial score (nSPS) is 13.6. The van der Waals surface area contributed by atoms with Crippen LogP contribution in [0.25, 0.3) is 0 Å². The molecule has 0 saturated heterocycles. The second-order valence-corrected chi connectivity index (χ2v) is 6.67. The average Bonchev–Trinajstić information content (AvgIpc) is 2.15. The molecule has 0 radical (unpaired) electrons. The van der Waals surface area contributed by atoms with Gasteiger partial charge in [0.1, 0.15) is 4.90 Å². The average molecular weight is 296 g/mol. The summed E-state index contributed by atoms with van der Waals surface area (Å²) < 4.78 is 24.2. The fourth-order valence-electron chi connectivity index (χ4n) is 1.60. The first kappa shape index (κ1) is 14.8. The van der Waals surface area contributed by atoms with E-state index in [1.165, 1.54) is 12.1 Å². The first-order valence-corrected chi connectivity index (χ1v) is 7.71. The molecule has 2 N–H and O–H groups in total. The second kappa shape index (κ2) is 6.05. The molecule has 1 aromatic rings. The smallest absolute Gasteiger partial charge is 0.182 e. The molecule has 0 spiro atoms. The van der Waals surface area contributed by atoms with Gasteiger partial charge >= 0.3 is 0 Å². The van der Waals surface area contributed by atoms with E-state index in [1.54, 1.807) is 6.07 Å². The molecule has 96 valence electrons. The van der Waals surface area contributed by atoms with Crippen LogP contribution in [0, 0.1) is 0 Å². The molecule has 1 unspecified atom stereocenters. The Bertz CT molecular complexity index is 468. The summed E-state index contributed by atoms with van der Waals surface area (Å²) in [5.41, 5.74) is 5.74. The van der Waals surface area contributed by atoms with E-state index in [2.05, 4.69) is 0 Å². The van der Waals surface area contributed by atoms with Crippen molar-refractivity contribution in [2.24, 2.45) is 5.73 Å². The van der Waals surface area contributed by atoms with Crippen LogP contribution < -0.4 is 5.73 Å². The Labute approximate surface area is 112 Å². The van der Waals surface area contributed by atoms with Crippen LogP contribution in [0.1, 0.15) is 19.8 Å². The van der Waals surface area contributed by atoms with Crippen LogP contribution in [-0.4, -0.2) is 20.2 Å². The number of halogens is 2. The van der Waals surface area contributed by atoms with Gasteiger partial charge in [0.05, 0.1) is 15.8 Å². The molecule has 0 aliphatic heterocycles. The van der Waals surface area contributed by atoms with Gasteiger partial charge in [-0.2, -0.15) is 0 Å². The minimum Gasteiger partial charge on any atom is -0.327 e. The number of hydrogen-bond acceptors (Lipinski definition) is 3. The molecular weight excluding hydrogens is 281 g/mol. The molecule has 3 nitrogen and oxygen atoms in total. The molecule has 0 aliphatic rings. The third-order valence-corrected chi connectivity index (χ3v) is 5.11. The lowest BCUT2D eigenvalue weighted by Crippen LogP contribution is -2.29. The van der Waals surface area contributed by atoms with E-state index in [-0.39, 0.29) is 20.7 Å². The standard InChI is InChI=1S/C11H15Cl2NO2S/c1-2-4-8(14)7-17(15,16)11-9(12)5-3-6-10(11)13/h3,5-6,8H,2,4,7,14H2,1H3. The number of sulfone groups is 1. The maximum Gasteiger partial charge on any atom is 0.182 e. The first-order valence-electron chi connectivity index (χ1n) is 5.31. The van der Waals surface area contributed by atoms with E-state index in [1.807, 2.05) is 6.92 Å². The highest BCUT2D eigenvalue weighted by Crippen LogP contribution is 2.30. The van der Waals surface area contributed by atoms with Gasteiger partial charge in [-0.15, -0.1) is 0 Å². The Morgan fingerprint density at radius 1 is 1.29 bits per heavy atom. The van der Waals surface area contributed by atoms with Gasteiger partial charge in [-0.25, -0.2) is 8.42 Å². The van der Waals surface area contributed by atoms with Gasteiger partial charge in [-0.05, 0) is 18.6 Å². The van der Waals surface area contributed by atoms with Crippen molar-refractivity contribution >= 4 is 33.0 Å². The second-order valence-electron chi connectivity index (χ2n) is 3.88. The summed E-state index contributed by atoms with van der Waals surface area (Å²) in [5, 5.41) is 0.280. The van der Waals surface area contributed by atoms with Gasteiger partial charge in [0, 0.05) is 6.04 Å². The van der Waals surface area contributed by atoms with Crippen LogP contribution in [0.2, 0.25) is 10.0 Å². The van der Waals surface area contributed by atoms with Gasteiger partial charge in [0.2, 0.25) is 0 Å². The highest BCUT2D eigenvalue weighted by Gasteiger charge is 2.23. The van der Waals surface area contributed by atoms with Crippen LogP contribution >= 0.6 is 23.2 Å². The molecule has 0 heterocycles. The Balaban J connectivity index is 3.06. The number of hydrogen-bond donors (Lipinski definition) is 1. The van der Waals surface area contributed by atoms with Crippen molar-refractivity contribution in [2.45, 2.75) is 30.7 Å². The van der Waals surface area contributed by atoms with Crippen molar-refractivity contribution in [1.29, 1.82) is 0 Å². The Hall–Kier alpha value is -0.290. The molecule has 0 saturated carbocycles. The summed E-state index contributed by atoms with van der Waals surface area (Å²) in [6, 6.07) is 4.23. The van der Waals surface area contributed by atoms with Crippen LogP contribution in [0.3, 0.4) is 0 Å². The summed E-state index contributed by atoms with van der Waals surface area (Å²) in [6.07, 6.45) is 1.49. The van der Waals surface area contributed by atoms with E-state index in [4.69, 9.17) is 28.9 Å². The number of benzene rings is 1. The van der Waals surface area contributed by atoms with E-state index >= 15 is 0 Å². The quantitative estimate of drug-likeness (QED) is 0.908. The molecule has 1 atom stereocenters. The first-order chi connectivity index (χ1) is 7.88. The zero-order chi connectivity index (χ0) is 13.1. The third-order valence-electron chi connectivity index (χ3n) is 2.32. The maximum absolute atomic E-state index is 12.1. The van der Waals surface area contributed by atoms with Crippen molar-refractivity contribution < 1.29 is 8.42 Å². The third kappa shape index (κ3) is 3.85. The van der Waals surface area contributed by atoms with Crippen molar-refractivity contribution in [3.63, 3.8) is 0 Å². The van der Waals surface area contributed by atoms with E-state index in [0.717, 1.165) is 6.42 Å². The largest absolute Gasteiger partial charge is 0.327 e. The molecule has 0 amide bonds. The molecule has 0 aromatic heterocycles. The number of rotatable bonds is 5. The lowest BCUT2D eigenvalue weighted by Gasteiger charge is -2.13. The van der Waals surface area contributed by atoms with Crippen LogP contribution in [-0.2, 0) is 9.84 Å². The van der Waals surface area contributed by atoms with E-state index in [9.17, 15) is 8.42 Å². The minimum atomic E-state index is -3.53. The van der Waals surface area contributed by atoms with Gasteiger partial charge in [-0.1, -0.05) is 42.6 Å². The topological polar surface area (TPSA) is 60.2 Å². The summed E-state index contributed by atoms with van der Waals surface area (Å²) in [5.74, 6) is -0.135.